The smallest absolute Gasteiger partial charge is 0.225 e. The van der Waals surface area contributed by atoms with E-state index in [-0.39, 0.29) is 0 Å². The van der Waals surface area contributed by atoms with E-state index in [4.69, 9.17) is 10.3 Å². The van der Waals surface area contributed by atoms with Crippen LogP contribution in [0.1, 0.15) is 19.4 Å². The van der Waals surface area contributed by atoms with Gasteiger partial charge in [-0.15, -0.1) is 11.3 Å². The van der Waals surface area contributed by atoms with Gasteiger partial charge >= 0.3 is 0 Å². The van der Waals surface area contributed by atoms with E-state index in [0.717, 1.165) is 22.6 Å². The highest BCUT2D eigenvalue weighted by Crippen LogP contribution is 2.31. The molecule has 15 heavy (non-hydrogen) atoms. The lowest BCUT2D eigenvalue weighted by Crippen LogP contribution is -1.98. The molecule has 2 aromatic heterocycles. The minimum Gasteiger partial charge on any atom is -0.367 e. The maximum atomic E-state index is 5.77. The standard InChI is InChI=1S/C11H14N2OS/c1-7(2)6-8-10(13-14-11(8)12)9-4-3-5-15-9/h3-5,7H,6,12H2,1-2H3. The topological polar surface area (TPSA) is 52.0 Å². The first-order valence-corrected chi connectivity index (χ1v) is 5.84. The Labute approximate surface area is 92.9 Å². The fourth-order valence-corrected chi connectivity index (χ4v) is 2.27. The molecule has 0 aliphatic rings. The summed E-state index contributed by atoms with van der Waals surface area (Å²) in [7, 11) is 0. The molecule has 0 aliphatic carbocycles. The van der Waals surface area contributed by atoms with E-state index >= 15 is 0 Å². The maximum absolute atomic E-state index is 5.77. The van der Waals surface area contributed by atoms with Crippen LogP contribution in [-0.2, 0) is 6.42 Å². The molecule has 0 saturated heterocycles. The molecular weight excluding hydrogens is 208 g/mol. The first-order valence-electron chi connectivity index (χ1n) is 4.96. The zero-order valence-corrected chi connectivity index (χ0v) is 9.67. The van der Waals surface area contributed by atoms with E-state index in [9.17, 15) is 0 Å². The van der Waals surface area contributed by atoms with Gasteiger partial charge in [-0.3, -0.25) is 0 Å². The summed E-state index contributed by atoms with van der Waals surface area (Å²) >= 11 is 1.65. The number of rotatable bonds is 3. The monoisotopic (exact) mass is 222 g/mol. The molecule has 0 radical (unpaired) electrons. The third-order valence-electron chi connectivity index (χ3n) is 2.19. The van der Waals surface area contributed by atoms with Crippen LogP contribution in [0.15, 0.2) is 22.0 Å². The molecule has 4 heteroatoms. The minimum atomic E-state index is 0.451. The SMILES string of the molecule is CC(C)Cc1c(-c2cccs2)noc1N. The summed E-state index contributed by atoms with van der Waals surface area (Å²) in [4.78, 5) is 1.12. The number of aromatic nitrogens is 1. The second kappa shape index (κ2) is 4.06. The van der Waals surface area contributed by atoms with Crippen molar-refractivity contribution in [2.45, 2.75) is 20.3 Å². The van der Waals surface area contributed by atoms with E-state index in [1.54, 1.807) is 11.3 Å². The summed E-state index contributed by atoms with van der Waals surface area (Å²) in [5, 5.41) is 6.05. The van der Waals surface area contributed by atoms with Crippen molar-refractivity contribution < 1.29 is 4.52 Å². The average molecular weight is 222 g/mol. The Bertz CT molecular complexity index is 431. The summed E-state index contributed by atoms with van der Waals surface area (Å²) in [6.07, 6.45) is 0.905. The third kappa shape index (κ3) is 2.04. The predicted molar refractivity (Wildman–Crippen MR) is 62.8 cm³/mol. The van der Waals surface area contributed by atoms with Crippen LogP contribution in [0.25, 0.3) is 10.6 Å². The van der Waals surface area contributed by atoms with Crippen LogP contribution in [0.2, 0.25) is 0 Å². The zero-order valence-electron chi connectivity index (χ0n) is 8.86. The Morgan fingerprint density at radius 1 is 1.53 bits per heavy atom. The van der Waals surface area contributed by atoms with Crippen molar-refractivity contribution in [3.63, 3.8) is 0 Å². The number of nitrogens with zero attached hydrogens (tertiary/aromatic N) is 1. The van der Waals surface area contributed by atoms with Crippen molar-refractivity contribution in [2.75, 3.05) is 5.73 Å². The second-order valence-corrected chi connectivity index (χ2v) is 4.90. The van der Waals surface area contributed by atoms with Gasteiger partial charge in [0.2, 0.25) is 5.88 Å². The Hall–Kier alpha value is -1.29. The molecule has 80 valence electrons. The van der Waals surface area contributed by atoms with Gasteiger partial charge in [-0.2, -0.15) is 0 Å². The van der Waals surface area contributed by atoms with Crippen LogP contribution in [0.5, 0.6) is 0 Å². The average Bonchev–Trinajstić information content (AvgIpc) is 2.76. The molecule has 2 aromatic rings. The lowest BCUT2D eigenvalue weighted by Gasteiger charge is -2.03. The minimum absolute atomic E-state index is 0.451. The maximum Gasteiger partial charge on any atom is 0.225 e. The Morgan fingerprint density at radius 2 is 2.33 bits per heavy atom. The fourth-order valence-electron chi connectivity index (χ4n) is 1.53. The van der Waals surface area contributed by atoms with Gasteiger partial charge in [-0.25, -0.2) is 0 Å². The molecule has 0 bridgehead atoms. The number of thiophene rings is 1. The molecule has 3 nitrogen and oxygen atoms in total. The molecule has 0 aliphatic heterocycles. The molecule has 0 amide bonds. The van der Waals surface area contributed by atoms with Crippen molar-refractivity contribution in [1.82, 2.24) is 5.16 Å². The second-order valence-electron chi connectivity index (χ2n) is 3.95. The molecule has 0 fully saturated rings. The van der Waals surface area contributed by atoms with E-state index in [0.29, 0.717) is 11.8 Å². The molecular formula is C11H14N2OS. The van der Waals surface area contributed by atoms with Crippen molar-refractivity contribution >= 4 is 17.2 Å². The first-order chi connectivity index (χ1) is 7.18. The summed E-state index contributed by atoms with van der Waals surface area (Å²) in [6.45, 7) is 4.31. The molecule has 0 atom stereocenters. The van der Waals surface area contributed by atoms with E-state index in [2.05, 4.69) is 19.0 Å². The lowest BCUT2D eigenvalue weighted by atomic mass is 10.0. The van der Waals surface area contributed by atoms with Gasteiger partial charge in [-0.1, -0.05) is 25.1 Å². The number of hydrogen-bond acceptors (Lipinski definition) is 4. The van der Waals surface area contributed by atoms with Gasteiger partial charge in [0.05, 0.1) is 4.88 Å². The van der Waals surface area contributed by atoms with Crippen molar-refractivity contribution in [2.24, 2.45) is 5.92 Å². The molecule has 0 saturated carbocycles. The number of nitrogens with two attached hydrogens (primary N) is 1. The first kappa shape index (κ1) is 10.2. The van der Waals surface area contributed by atoms with Crippen molar-refractivity contribution in [3.8, 4) is 10.6 Å². The highest BCUT2D eigenvalue weighted by Gasteiger charge is 2.16. The summed E-state index contributed by atoms with van der Waals surface area (Å²) in [6, 6.07) is 4.04. The highest BCUT2D eigenvalue weighted by molar-refractivity contribution is 7.13. The molecule has 0 aromatic carbocycles. The summed E-state index contributed by atoms with van der Waals surface area (Å²) < 4.78 is 5.05. The Balaban J connectivity index is 2.40. The van der Waals surface area contributed by atoms with Gasteiger partial charge in [0.15, 0.2) is 0 Å². The van der Waals surface area contributed by atoms with E-state index in [1.165, 1.54) is 0 Å². The van der Waals surface area contributed by atoms with Gasteiger partial charge in [0.1, 0.15) is 5.69 Å². The van der Waals surface area contributed by atoms with Crippen LogP contribution >= 0.6 is 11.3 Å². The summed E-state index contributed by atoms with van der Waals surface area (Å²) in [5.74, 6) is 0.998. The van der Waals surface area contributed by atoms with Crippen molar-refractivity contribution in [1.29, 1.82) is 0 Å². The lowest BCUT2D eigenvalue weighted by molar-refractivity contribution is 0.438. The number of anilines is 1. The molecule has 2 rings (SSSR count). The fraction of sp³-hybridized carbons (Fsp3) is 0.364. The van der Waals surface area contributed by atoms with E-state index in [1.807, 2.05) is 17.5 Å². The van der Waals surface area contributed by atoms with Gasteiger partial charge in [0.25, 0.3) is 0 Å². The third-order valence-corrected chi connectivity index (χ3v) is 3.06. The molecule has 2 N–H and O–H groups in total. The molecule has 0 unspecified atom stereocenters. The van der Waals surface area contributed by atoms with Crippen LogP contribution in [0.3, 0.4) is 0 Å². The summed E-state index contributed by atoms with van der Waals surface area (Å²) in [5.41, 5.74) is 7.71. The zero-order chi connectivity index (χ0) is 10.8. The van der Waals surface area contributed by atoms with Gasteiger partial charge < -0.3 is 10.3 Å². The largest absolute Gasteiger partial charge is 0.367 e. The predicted octanol–water partition coefficient (Wildman–Crippen LogP) is 3.18. The van der Waals surface area contributed by atoms with Crippen molar-refractivity contribution in [3.05, 3.63) is 23.1 Å². The van der Waals surface area contributed by atoms with E-state index < -0.39 is 0 Å². The normalized spacial score (nSPS) is 11.1. The number of nitrogen functional groups attached to an aromatic ring is 1. The number of hydrogen-bond donors (Lipinski definition) is 1. The Kier molecular flexibility index (Phi) is 2.77. The van der Waals surface area contributed by atoms with Crippen LogP contribution in [0, 0.1) is 5.92 Å². The van der Waals surface area contributed by atoms with Gasteiger partial charge in [0, 0.05) is 5.56 Å². The van der Waals surface area contributed by atoms with Crippen LogP contribution < -0.4 is 5.73 Å². The van der Waals surface area contributed by atoms with Crippen LogP contribution in [-0.4, -0.2) is 5.16 Å². The van der Waals surface area contributed by atoms with Crippen LogP contribution in [0.4, 0.5) is 5.88 Å². The quantitative estimate of drug-likeness (QED) is 0.867. The molecule has 2 heterocycles. The Morgan fingerprint density at radius 3 is 2.93 bits per heavy atom. The van der Waals surface area contributed by atoms with Gasteiger partial charge in [-0.05, 0) is 23.8 Å². The molecule has 0 spiro atoms. The highest BCUT2D eigenvalue weighted by atomic mass is 32.1.